The van der Waals surface area contributed by atoms with Crippen LogP contribution < -0.4 is 0 Å². The van der Waals surface area contributed by atoms with Crippen molar-refractivity contribution in [3.8, 4) is 11.8 Å². The van der Waals surface area contributed by atoms with Crippen LogP contribution in [0.4, 0.5) is 0 Å². The summed E-state index contributed by atoms with van der Waals surface area (Å²) in [5, 5.41) is 0. The third-order valence-corrected chi connectivity index (χ3v) is 7.21. The van der Waals surface area contributed by atoms with Gasteiger partial charge in [-0.3, -0.25) is 4.79 Å². The summed E-state index contributed by atoms with van der Waals surface area (Å²) in [7, 11) is 0. The summed E-state index contributed by atoms with van der Waals surface area (Å²) >= 11 is 3.45. The highest BCUT2D eigenvalue weighted by atomic mass is 32.2. The number of hydrogen-bond donors (Lipinski definition) is 0. The lowest BCUT2D eigenvalue weighted by Gasteiger charge is -2.52. The second-order valence-corrected chi connectivity index (χ2v) is 9.27. The lowest BCUT2D eigenvalue weighted by molar-refractivity contribution is -0.144. The molecule has 1 aliphatic rings. The van der Waals surface area contributed by atoms with Crippen LogP contribution in [0.2, 0.25) is 0 Å². The van der Waals surface area contributed by atoms with Gasteiger partial charge in [0.2, 0.25) is 0 Å². The van der Waals surface area contributed by atoms with Crippen molar-refractivity contribution in [3.63, 3.8) is 0 Å². The molecule has 2 aromatic carbocycles. The molecule has 0 aromatic heterocycles. The highest BCUT2D eigenvalue weighted by Crippen LogP contribution is 2.51. The van der Waals surface area contributed by atoms with Gasteiger partial charge in [-0.15, -0.1) is 23.5 Å². The van der Waals surface area contributed by atoms with Crippen LogP contribution in [0, 0.1) is 11.8 Å². The van der Waals surface area contributed by atoms with E-state index in [1.165, 1.54) is 0 Å². The molecule has 1 heterocycles. The smallest absolute Gasteiger partial charge is 0.253 e. The number of carbonyl (C=O) groups is 1. The van der Waals surface area contributed by atoms with Crippen LogP contribution in [0.5, 0.6) is 0 Å². The van der Waals surface area contributed by atoms with Crippen molar-refractivity contribution in [1.29, 1.82) is 0 Å². The first-order valence-corrected chi connectivity index (χ1v) is 10.9. The molecule has 0 N–H and O–H groups in total. The summed E-state index contributed by atoms with van der Waals surface area (Å²) in [6.07, 6.45) is 0. The van der Waals surface area contributed by atoms with Crippen molar-refractivity contribution in [2.75, 3.05) is 11.5 Å². The van der Waals surface area contributed by atoms with E-state index in [9.17, 15) is 4.79 Å². The first-order chi connectivity index (χ1) is 12.7. The van der Waals surface area contributed by atoms with Gasteiger partial charge in [-0.1, -0.05) is 74.2 Å². The lowest BCUT2D eigenvalue weighted by atomic mass is 9.98. The molecule has 2 aromatic rings. The molecule has 1 aliphatic heterocycles. The Morgan fingerprint density at radius 1 is 0.962 bits per heavy atom. The number of benzene rings is 2. The van der Waals surface area contributed by atoms with Gasteiger partial charge in [-0.05, 0) is 29.2 Å². The Labute approximate surface area is 164 Å². The molecule has 3 rings (SSSR count). The van der Waals surface area contributed by atoms with Crippen LogP contribution in [0.1, 0.15) is 25.0 Å². The van der Waals surface area contributed by atoms with E-state index in [1.807, 2.05) is 53.4 Å². The van der Waals surface area contributed by atoms with Crippen molar-refractivity contribution in [1.82, 2.24) is 4.90 Å². The number of thioether (sulfide) groups is 2. The number of β-lactam (4-membered cyclic amide) rings is 1. The predicted octanol–water partition coefficient (Wildman–Crippen LogP) is 4.65. The first-order valence-electron chi connectivity index (χ1n) is 8.90. The van der Waals surface area contributed by atoms with E-state index in [0.717, 1.165) is 22.6 Å². The number of carbonyl (C=O) groups excluding carboxylic acids is 1. The van der Waals surface area contributed by atoms with Crippen molar-refractivity contribution in [3.05, 3.63) is 71.8 Å². The second kappa shape index (κ2) is 8.70. The van der Waals surface area contributed by atoms with Crippen molar-refractivity contribution in [2.24, 2.45) is 0 Å². The molecule has 0 saturated carbocycles. The Hall–Kier alpha value is -1.83. The van der Waals surface area contributed by atoms with Crippen LogP contribution >= 0.6 is 23.5 Å². The summed E-state index contributed by atoms with van der Waals surface area (Å²) in [4.78, 5) is 15.0. The van der Waals surface area contributed by atoms with Crippen LogP contribution in [0.3, 0.4) is 0 Å². The van der Waals surface area contributed by atoms with Gasteiger partial charge in [0.15, 0.2) is 4.08 Å². The average molecular weight is 382 g/mol. The summed E-state index contributed by atoms with van der Waals surface area (Å²) < 4.78 is -0.472. The minimum absolute atomic E-state index is 0.0784. The van der Waals surface area contributed by atoms with E-state index in [0.29, 0.717) is 6.54 Å². The number of nitrogens with zero attached hydrogens (tertiary/aromatic N) is 1. The minimum atomic E-state index is -0.472. The highest BCUT2D eigenvalue weighted by molar-refractivity contribution is 8.19. The van der Waals surface area contributed by atoms with Gasteiger partial charge in [0, 0.05) is 12.1 Å². The van der Waals surface area contributed by atoms with Crippen LogP contribution in [-0.4, -0.2) is 32.4 Å². The molecule has 0 aliphatic carbocycles. The van der Waals surface area contributed by atoms with E-state index in [2.05, 4.69) is 37.8 Å². The maximum absolute atomic E-state index is 13.1. The molecular formula is C22H23NOS2. The molecule has 2 nitrogen and oxygen atoms in total. The maximum atomic E-state index is 13.1. The molecule has 1 fully saturated rings. The van der Waals surface area contributed by atoms with Gasteiger partial charge < -0.3 is 4.90 Å². The number of likely N-dealkylation sites (tertiary alicyclic amines) is 1. The van der Waals surface area contributed by atoms with Gasteiger partial charge in [0.1, 0.15) is 6.04 Å². The SMILES string of the molecule is CCSC1(SCC)C(=O)N(Cc2ccccc2)C1C#Cc1ccccc1. The molecule has 0 radical (unpaired) electrons. The summed E-state index contributed by atoms with van der Waals surface area (Å²) in [5.74, 6) is 8.70. The lowest BCUT2D eigenvalue weighted by Crippen LogP contribution is -2.69. The molecule has 0 bridgehead atoms. The monoisotopic (exact) mass is 381 g/mol. The first kappa shape index (κ1) is 18.9. The molecule has 1 atom stereocenters. The van der Waals surface area contributed by atoms with Crippen LogP contribution in [0.15, 0.2) is 60.7 Å². The standard InChI is InChI=1S/C22H23NOS2/c1-3-25-22(26-4-2)20(16-15-18-11-7-5-8-12-18)23(21(22)24)17-19-13-9-6-10-14-19/h5-14,20H,3-4,17H2,1-2H3. The third kappa shape index (κ3) is 3.79. The van der Waals surface area contributed by atoms with Gasteiger partial charge in [-0.25, -0.2) is 0 Å². The zero-order valence-corrected chi connectivity index (χ0v) is 16.8. The fourth-order valence-corrected chi connectivity index (χ4v) is 6.18. The van der Waals surface area contributed by atoms with Crippen LogP contribution in [0.25, 0.3) is 0 Å². The molecule has 1 saturated heterocycles. The zero-order chi connectivity index (χ0) is 18.4. The molecule has 4 heteroatoms. The Morgan fingerprint density at radius 2 is 1.54 bits per heavy atom. The number of rotatable bonds is 6. The van der Waals surface area contributed by atoms with E-state index in [4.69, 9.17) is 0 Å². The van der Waals surface area contributed by atoms with Crippen LogP contribution in [-0.2, 0) is 11.3 Å². The average Bonchev–Trinajstić information content (AvgIpc) is 2.68. The normalized spacial score (nSPS) is 18.0. The predicted molar refractivity (Wildman–Crippen MR) is 113 cm³/mol. The molecule has 26 heavy (non-hydrogen) atoms. The maximum Gasteiger partial charge on any atom is 0.253 e. The summed E-state index contributed by atoms with van der Waals surface area (Å²) in [6, 6.07) is 20.1. The molecular weight excluding hydrogens is 358 g/mol. The van der Waals surface area contributed by atoms with Gasteiger partial charge in [-0.2, -0.15) is 0 Å². The largest absolute Gasteiger partial charge is 0.320 e. The third-order valence-electron chi connectivity index (χ3n) is 4.27. The quantitative estimate of drug-likeness (QED) is 0.413. The Balaban J connectivity index is 1.90. The fourth-order valence-electron chi connectivity index (χ4n) is 3.11. The second-order valence-electron chi connectivity index (χ2n) is 5.99. The van der Waals surface area contributed by atoms with E-state index in [-0.39, 0.29) is 11.9 Å². The molecule has 1 unspecified atom stereocenters. The Bertz CT molecular complexity index is 789. The Morgan fingerprint density at radius 3 is 2.12 bits per heavy atom. The van der Waals surface area contributed by atoms with Gasteiger partial charge in [0.05, 0.1) is 0 Å². The number of amides is 1. The topological polar surface area (TPSA) is 20.3 Å². The van der Waals surface area contributed by atoms with E-state index >= 15 is 0 Å². The van der Waals surface area contributed by atoms with Gasteiger partial charge in [0.25, 0.3) is 5.91 Å². The van der Waals surface area contributed by atoms with Crippen molar-refractivity contribution < 1.29 is 4.79 Å². The highest BCUT2D eigenvalue weighted by Gasteiger charge is 2.60. The molecule has 134 valence electrons. The fraction of sp³-hybridized carbons (Fsp3) is 0.318. The molecule has 1 amide bonds. The molecule has 0 spiro atoms. The Kier molecular flexibility index (Phi) is 6.34. The summed E-state index contributed by atoms with van der Waals surface area (Å²) in [5.41, 5.74) is 2.13. The van der Waals surface area contributed by atoms with E-state index in [1.54, 1.807) is 23.5 Å². The zero-order valence-electron chi connectivity index (χ0n) is 15.1. The van der Waals surface area contributed by atoms with E-state index < -0.39 is 4.08 Å². The minimum Gasteiger partial charge on any atom is -0.320 e. The summed E-state index contributed by atoms with van der Waals surface area (Å²) in [6.45, 7) is 4.83. The van der Waals surface area contributed by atoms with Crippen molar-refractivity contribution in [2.45, 2.75) is 30.5 Å². The van der Waals surface area contributed by atoms with Crippen molar-refractivity contribution >= 4 is 29.4 Å². The number of hydrogen-bond acceptors (Lipinski definition) is 3. The van der Waals surface area contributed by atoms with Gasteiger partial charge >= 0.3 is 0 Å².